The van der Waals surface area contributed by atoms with Crippen molar-refractivity contribution in [2.45, 2.75) is 39.3 Å². The van der Waals surface area contributed by atoms with Gasteiger partial charge >= 0.3 is 5.82 Å². The van der Waals surface area contributed by atoms with Crippen molar-refractivity contribution in [2.24, 2.45) is 0 Å². The molecule has 126 valence electrons. The zero-order chi connectivity index (χ0) is 17.0. The molecule has 0 saturated heterocycles. The smallest absolute Gasteiger partial charge is 0.358 e. The zero-order valence-electron chi connectivity index (χ0n) is 13.6. The highest BCUT2D eigenvalue weighted by atomic mass is 32.1. The van der Waals surface area contributed by atoms with Crippen molar-refractivity contribution in [3.8, 4) is 0 Å². The summed E-state index contributed by atoms with van der Waals surface area (Å²) in [6.07, 6.45) is 1.68. The molecule has 3 aromatic heterocycles. The molecule has 0 aliphatic carbocycles. The predicted octanol–water partition coefficient (Wildman–Crippen LogP) is 2.60. The molecule has 24 heavy (non-hydrogen) atoms. The average Bonchev–Trinajstić information content (AvgIpc) is 3.19. The molecule has 0 amide bonds. The van der Waals surface area contributed by atoms with Crippen LogP contribution in [0.1, 0.15) is 44.4 Å². The van der Waals surface area contributed by atoms with Crippen molar-refractivity contribution >= 4 is 27.9 Å². The minimum Gasteiger partial charge on any atom is -0.358 e. The molecule has 0 bridgehead atoms. The first-order valence-corrected chi connectivity index (χ1v) is 8.66. The maximum atomic E-state index is 11.6. The molecule has 10 heteroatoms. The van der Waals surface area contributed by atoms with Gasteiger partial charge in [-0.2, -0.15) is 9.38 Å². The van der Waals surface area contributed by atoms with E-state index < -0.39 is 0 Å². The monoisotopic (exact) mass is 347 g/mol. The molecular formula is C14H17N7O2S. The second kappa shape index (κ2) is 5.26. The minimum absolute atomic E-state index is 0.00940. The van der Waals surface area contributed by atoms with Crippen molar-refractivity contribution in [3.63, 3.8) is 0 Å². The van der Waals surface area contributed by atoms with Crippen molar-refractivity contribution in [3.05, 3.63) is 33.3 Å². The molecule has 1 aliphatic heterocycles. The van der Waals surface area contributed by atoms with Crippen LogP contribution >= 0.6 is 11.3 Å². The van der Waals surface area contributed by atoms with E-state index in [0.29, 0.717) is 23.9 Å². The molecule has 0 N–H and O–H groups in total. The lowest BCUT2D eigenvalue weighted by Crippen LogP contribution is -2.38. The fourth-order valence-electron chi connectivity index (χ4n) is 3.25. The zero-order valence-corrected chi connectivity index (χ0v) is 14.4. The third-order valence-corrected chi connectivity index (χ3v) is 5.15. The van der Waals surface area contributed by atoms with Crippen LogP contribution in [0.4, 0.5) is 11.6 Å². The van der Waals surface area contributed by atoms with Gasteiger partial charge in [-0.25, -0.2) is 0 Å². The second-order valence-corrected chi connectivity index (χ2v) is 7.04. The van der Waals surface area contributed by atoms with E-state index in [-0.39, 0.29) is 22.7 Å². The Labute approximate surface area is 141 Å². The van der Waals surface area contributed by atoms with E-state index in [9.17, 15) is 10.1 Å². The Morgan fingerprint density at radius 3 is 2.88 bits per heavy atom. The number of nitrogens with zero attached hydrogens (tertiary/aromatic N) is 7. The van der Waals surface area contributed by atoms with Gasteiger partial charge in [-0.1, -0.05) is 25.2 Å². The van der Waals surface area contributed by atoms with Crippen molar-refractivity contribution in [1.29, 1.82) is 0 Å². The van der Waals surface area contributed by atoms with E-state index in [1.165, 1.54) is 15.7 Å². The predicted molar refractivity (Wildman–Crippen MR) is 89.6 cm³/mol. The molecule has 4 rings (SSSR count). The molecule has 0 saturated carbocycles. The highest BCUT2D eigenvalue weighted by Gasteiger charge is 2.35. The van der Waals surface area contributed by atoms with Gasteiger partial charge in [0.1, 0.15) is 12.0 Å². The summed E-state index contributed by atoms with van der Waals surface area (Å²) in [4.78, 5) is 18.3. The van der Waals surface area contributed by atoms with Crippen LogP contribution in [0.3, 0.4) is 0 Å². The SMILES string of the molecule is CC(C)c1nnc2n1CCN(c1nc3sccn3c1[N+](=O)[O-])C2C. The number of hydrogen-bond donors (Lipinski definition) is 0. The van der Waals surface area contributed by atoms with Crippen LogP contribution in [0, 0.1) is 10.1 Å². The number of nitro groups is 1. The normalized spacial score (nSPS) is 17.7. The molecule has 1 aliphatic rings. The summed E-state index contributed by atoms with van der Waals surface area (Å²) in [5, 5.41) is 22.0. The summed E-state index contributed by atoms with van der Waals surface area (Å²) in [6, 6.07) is -0.123. The Hall–Kier alpha value is -2.49. The largest absolute Gasteiger partial charge is 0.373 e. The lowest BCUT2D eigenvalue weighted by atomic mass is 10.1. The van der Waals surface area contributed by atoms with Crippen LogP contribution in [0.2, 0.25) is 0 Å². The number of imidazole rings is 1. The lowest BCUT2D eigenvalue weighted by Gasteiger charge is -2.33. The molecule has 1 atom stereocenters. The second-order valence-electron chi connectivity index (χ2n) is 6.16. The molecule has 1 unspecified atom stereocenters. The average molecular weight is 347 g/mol. The maximum absolute atomic E-state index is 11.6. The van der Waals surface area contributed by atoms with Gasteiger partial charge in [0, 0.05) is 24.4 Å². The van der Waals surface area contributed by atoms with Crippen molar-refractivity contribution < 1.29 is 4.92 Å². The van der Waals surface area contributed by atoms with Gasteiger partial charge in [0.25, 0.3) is 4.96 Å². The van der Waals surface area contributed by atoms with Crippen molar-refractivity contribution in [1.82, 2.24) is 24.1 Å². The summed E-state index contributed by atoms with van der Waals surface area (Å²) >= 11 is 1.39. The van der Waals surface area contributed by atoms with Crippen LogP contribution < -0.4 is 4.90 Å². The Balaban J connectivity index is 1.80. The van der Waals surface area contributed by atoms with E-state index in [1.807, 2.05) is 11.8 Å². The third kappa shape index (κ3) is 2.02. The summed E-state index contributed by atoms with van der Waals surface area (Å²) in [5.41, 5.74) is 0. The van der Waals surface area contributed by atoms with Crippen molar-refractivity contribution in [2.75, 3.05) is 11.4 Å². The molecule has 0 aromatic carbocycles. The fraction of sp³-hybridized carbons (Fsp3) is 0.500. The van der Waals surface area contributed by atoms with Crippen LogP contribution in [0.5, 0.6) is 0 Å². The van der Waals surface area contributed by atoms with Crippen LogP contribution in [-0.2, 0) is 6.54 Å². The van der Waals surface area contributed by atoms with E-state index in [0.717, 1.165) is 11.6 Å². The van der Waals surface area contributed by atoms with Gasteiger partial charge in [0.15, 0.2) is 5.82 Å². The molecular weight excluding hydrogens is 330 g/mol. The number of thiazole rings is 1. The molecule has 3 aromatic rings. The third-order valence-electron chi connectivity index (χ3n) is 4.39. The Morgan fingerprint density at radius 1 is 1.38 bits per heavy atom. The fourth-order valence-corrected chi connectivity index (χ4v) is 3.95. The highest BCUT2D eigenvalue weighted by Crippen LogP contribution is 2.37. The number of anilines is 1. The summed E-state index contributed by atoms with van der Waals surface area (Å²) in [5.74, 6) is 2.49. The Morgan fingerprint density at radius 2 is 2.17 bits per heavy atom. The van der Waals surface area contributed by atoms with Crippen LogP contribution in [0.25, 0.3) is 4.96 Å². The van der Waals surface area contributed by atoms with Crippen LogP contribution in [-0.4, -0.2) is 35.6 Å². The first kappa shape index (κ1) is 15.1. The molecule has 0 radical (unpaired) electrons. The summed E-state index contributed by atoms with van der Waals surface area (Å²) < 4.78 is 3.65. The Kier molecular flexibility index (Phi) is 3.30. The summed E-state index contributed by atoms with van der Waals surface area (Å²) in [6.45, 7) is 7.49. The maximum Gasteiger partial charge on any atom is 0.373 e. The number of fused-ring (bicyclic) bond motifs is 2. The van der Waals surface area contributed by atoms with E-state index in [1.54, 1.807) is 11.6 Å². The highest BCUT2D eigenvalue weighted by molar-refractivity contribution is 7.15. The number of aromatic nitrogens is 5. The quantitative estimate of drug-likeness (QED) is 0.534. The topological polar surface area (TPSA) is 94.4 Å². The lowest BCUT2D eigenvalue weighted by molar-refractivity contribution is -0.389. The van der Waals surface area contributed by atoms with Gasteiger partial charge in [-0.3, -0.25) is 0 Å². The number of rotatable bonds is 3. The van der Waals surface area contributed by atoms with Gasteiger partial charge in [-0.05, 0) is 11.8 Å². The Bertz CT molecular complexity index is 925. The molecule has 0 fully saturated rings. The van der Waals surface area contributed by atoms with E-state index in [2.05, 4.69) is 33.6 Å². The van der Waals surface area contributed by atoms with Gasteiger partial charge in [0.2, 0.25) is 5.82 Å². The molecule has 4 heterocycles. The van der Waals surface area contributed by atoms with Gasteiger partial charge < -0.3 is 19.6 Å². The molecule has 0 spiro atoms. The summed E-state index contributed by atoms with van der Waals surface area (Å²) in [7, 11) is 0. The van der Waals surface area contributed by atoms with Gasteiger partial charge in [-0.15, -0.1) is 10.2 Å². The van der Waals surface area contributed by atoms with E-state index in [4.69, 9.17) is 0 Å². The first-order valence-electron chi connectivity index (χ1n) is 7.78. The molecule has 9 nitrogen and oxygen atoms in total. The number of hydrogen-bond acceptors (Lipinski definition) is 7. The van der Waals surface area contributed by atoms with E-state index >= 15 is 0 Å². The van der Waals surface area contributed by atoms with Crippen LogP contribution in [0.15, 0.2) is 11.6 Å². The van der Waals surface area contributed by atoms with Gasteiger partial charge in [0.05, 0.1) is 6.04 Å². The first-order chi connectivity index (χ1) is 11.5. The minimum atomic E-state index is -0.367. The standard InChI is InChI=1S/C14H17N7O2S/c1-8(2)10-16-17-11-9(3)18(4-5-19(10)11)12-13(21(22)23)20-6-7-24-14(20)15-12/h6-9H,4-5H2,1-3H3.